The zero-order chi connectivity index (χ0) is 16.9. The third kappa shape index (κ3) is 3.93. The quantitative estimate of drug-likeness (QED) is 0.655. The van der Waals surface area contributed by atoms with Gasteiger partial charge in [-0.2, -0.15) is 0 Å². The predicted molar refractivity (Wildman–Crippen MR) is 102 cm³/mol. The van der Waals surface area contributed by atoms with Crippen molar-refractivity contribution in [2.75, 3.05) is 6.54 Å². The lowest BCUT2D eigenvalue weighted by Gasteiger charge is -2.18. The van der Waals surface area contributed by atoms with Crippen molar-refractivity contribution in [3.63, 3.8) is 0 Å². The number of rotatable bonds is 6. The summed E-state index contributed by atoms with van der Waals surface area (Å²) in [4.78, 5) is 1.33. The first kappa shape index (κ1) is 16.9. The molecule has 3 heteroatoms. The Labute approximate surface area is 147 Å². The Balaban J connectivity index is 1.61. The second kappa shape index (κ2) is 7.75. The molecule has 3 aromatic rings. The largest absolute Gasteiger partial charge is 0.387 e. The zero-order valence-corrected chi connectivity index (χ0v) is 14.9. The smallest absolute Gasteiger partial charge is 0.0914 e. The van der Waals surface area contributed by atoms with Gasteiger partial charge in [0.1, 0.15) is 0 Å². The highest BCUT2D eigenvalue weighted by Gasteiger charge is 2.11. The van der Waals surface area contributed by atoms with E-state index in [1.165, 1.54) is 21.6 Å². The molecule has 1 heterocycles. The van der Waals surface area contributed by atoms with Gasteiger partial charge in [-0.15, -0.1) is 11.3 Å². The highest BCUT2D eigenvalue weighted by atomic mass is 32.1. The Morgan fingerprint density at radius 2 is 1.67 bits per heavy atom. The summed E-state index contributed by atoms with van der Waals surface area (Å²) in [6, 6.07) is 20.8. The van der Waals surface area contributed by atoms with Crippen molar-refractivity contribution in [2.45, 2.75) is 26.0 Å². The normalized spacial score (nSPS) is 13.6. The third-order valence-electron chi connectivity index (χ3n) is 4.34. The van der Waals surface area contributed by atoms with Crippen molar-refractivity contribution in [3.05, 3.63) is 82.7 Å². The van der Waals surface area contributed by atoms with Gasteiger partial charge in [0.2, 0.25) is 0 Å². The van der Waals surface area contributed by atoms with Crippen LogP contribution in [0.25, 0.3) is 10.4 Å². The van der Waals surface area contributed by atoms with Gasteiger partial charge in [0.25, 0.3) is 0 Å². The van der Waals surface area contributed by atoms with Crippen LogP contribution in [-0.4, -0.2) is 11.7 Å². The number of aryl methyl sites for hydroxylation is 1. The topological polar surface area (TPSA) is 32.3 Å². The van der Waals surface area contributed by atoms with Crippen molar-refractivity contribution < 1.29 is 5.11 Å². The molecule has 0 spiro atoms. The van der Waals surface area contributed by atoms with Crippen LogP contribution in [0.15, 0.2) is 66.0 Å². The monoisotopic (exact) mass is 337 g/mol. The van der Waals surface area contributed by atoms with E-state index in [9.17, 15) is 5.11 Å². The number of thiophene rings is 1. The summed E-state index contributed by atoms with van der Waals surface area (Å²) in [6.45, 7) is 4.81. The average molecular weight is 337 g/mol. The average Bonchev–Trinajstić information content (AvgIpc) is 3.06. The van der Waals surface area contributed by atoms with Crippen LogP contribution in [0.3, 0.4) is 0 Å². The first-order valence-corrected chi connectivity index (χ1v) is 9.14. The maximum atomic E-state index is 10.3. The highest BCUT2D eigenvalue weighted by Crippen LogP contribution is 2.29. The molecule has 1 aromatic heterocycles. The van der Waals surface area contributed by atoms with E-state index in [1.807, 2.05) is 30.3 Å². The molecule has 0 aliphatic rings. The SMILES string of the molecule is Cc1ccsc1-c1ccc(C(C)NCC(O)c2ccccc2)cc1. The van der Waals surface area contributed by atoms with Crippen molar-refractivity contribution in [2.24, 2.45) is 0 Å². The van der Waals surface area contributed by atoms with Gasteiger partial charge in [0, 0.05) is 17.5 Å². The molecule has 2 atom stereocenters. The Morgan fingerprint density at radius 1 is 0.958 bits per heavy atom. The van der Waals surface area contributed by atoms with Crippen LogP contribution in [0.5, 0.6) is 0 Å². The molecule has 0 saturated heterocycles. The summed E-state index contributed by atoms with van der Waals surface area (Å²) in [5, 5.41) is 15.8. The van der Waals surface area contributed by atoms with E-state index in [-0.39, 0.29) is 6.04 Å². The second-order valence-corrected chi connectivity index (χ2v) is 7.03. The van der Waals surface area contributed by atoms with E-state index >= 15 is 0 Å². The van der Waals surface area contributed by atoms with Gasteiger partial charge in [-0.1, -0.05) is 54.6 Å². The Bertz CT molecular complexity index is 764. The molecule has 3 rings (SSSR count). The minimum atomic E-state index is -0.485. The maximum Gasteiger partial charge on any atom is 0.0914 e. The van der Waals surface area contributed by atoms with Crippen LogP contribution in [0, 0.1) is 6.92 Å². The summed E-state index contributed by atoms with van der Waals surface area (Å²) in [5.41, 5.74) is 4.77. The summed E-state index contributed by atoms with van der Waals surface area (Å²) in [7, 11) is 0. The van der Waals surface area contributed by atoms with E-state index in [0.29, 0.717) is 6.54 Å². The molecule has 2 nitrogen and oxygen atoms in total. The minimum Gasteiger partial charge on any atom is -0.387 e. The molecule has 0 bridgehead atoms. The molecule has 2 N–H and O–H groups in total. The van der Waals surface area contributed by atoms with Crippen LogP contribution in [0.4, 0.5) is 0 Å². The van der Waals surface area contributed by atoms with Gasteiger partial charge in [-0.25, -0.2) is 0 Å². The van der Waals surface area contributed by atoms with Crippen LogP contribution in [0.2, 0.25) is 0 Å². The van der Waals surface area contributed by atoms with Crippen LogP contribution < -0.4 is 5.32 Å². The molecule has 0 fully saturated rings. The van der Waals surface area contributed by atoms with E-state index in [1.54, 1.807) is 11.3 Å². The maximum absolute atomic E-state index is 10.3. The van der Waals surface area contributed by atoms with E-state index < -0.39 is 6.10 Å². The number of aliphatic hydroxyl groups excluding tert-OH is 1. The van der Waals surface area contributed by atoms with Crippen molar-refractivity contribution in [3.8, 4) is 10.4 Å². The standard InChI is InChI=1S/C21H23NOS/c1-15-12-13-24-21(15)19-10-8-17(9-11-19)16(2)22-14-20(23)18-6-4-3-5-7-18/h3-13,16,20,22-23H,14H2,1-2H3. The number of aliphatic hydroxyl groups is 1. The molecular weight excluding hydrogens is 314 g/mol. The first-order chi connectivity index (χ1) is 11.6. The zero-order valence-electron chi connectivity index (χ0n) is 14.1. The molecule has 0 radical (unpaired) electrons. The fraction of sp³-hybridized carbons (Fsp3) is 0.238. The van der Waals surface area contributed by atoms with Crippen molar-refractivity contribution in [1.82, 2.24) is 5.32 Å². The molecule has 2 aromatic carbocycles. The van der Waals surface area contributed by atoms with Crippen LogP contribution in [0.1, 0.15) is 35.8 Å². The lowest BCUT2D eigenvalue weighted by Crippen LogP contribution is -2.24. The van der Waals surface area contributed by atoms with Crippen LogP contribution in [-0.2, 0) is 0 Å². The molecule has 0 saturated carbocycles. The van der Waals surface area contributed by atoms with Gasteiger partial charge in [-0.3, -0.25) is 0 Å². The fourth-order valence-electron chi connectivity index (χ4n) is 2.79. The fourth-order valence-corrected chi connectivity index (χ4v) is 3.73. The van der Waals surface area contributed by atoms with E-state index in [2.05, 4.69) is 54.9 Å². The van der Waals surface area contributed by atoms with E-state index in [4.69, 9.17) is 0 Å². The van der Waals surface area contributed by atoms with E-state index in [0.717, 1.165) is 5.56 Å². The number of hydrogen-bond acceptors (Lipinski definition) is 3. The molecule has 2 unspecified atom stereocenters. The van der Waals surface area contributed by atoms with Crippen molar-refractivity contribution in [1.29, 1.82) is 0 Å². The Morgan fingerprint density at radius 3 is 2.29 bits per heavy atom. The molecule has 24 heavy (non-hydrogen) atoms. The van der Waals surface area contributed by atoms with Gasteiger partial charge in [0.15, 0.2) is 0 Å². The second-order valence-electron chi connectivity index (χ2n) is 6.11. The molecule has 0 aliphatic carbocycles. The number of nitrogens with one attached hydrogen (secondary N) is 1. The van der Waals surface area contributed by atoms with Crippen molar-refractivity contribution >= 4 is 11.3 Å². The molecule has 0 aliphatic heterocycles. The number of benzene rings is 2. The van der Waals surface area contributed by atoms with Gasteiger partial charge in [-0.05, 0) is 47.5 Å². The first-order valence-electron chi connectivity index (χ1n) is 8.26. The predicted octanol–water partition coefficient (Wildman–Crippen LogP) is 5.11. The molecule has 0 amide bonds. The Kier molecular flexibility index (Phi) is 5.46. The summed E-state index contributed by atoms with van der Waals surface area (Å²) in [6.07, 6.45) is -0.485. The minimum absolute atomic E-state index is 0.196. The highest BCUT2D eigenvalue weighted by molar-refractivity contribution is 7.13. The Hall–Kier alpha value is -1.94. The number of hydrogen-bond donors (Lipinski definition) is 2. The molecular formula is C21H23NOS. The molecule has 124 valence electrons. The van der Waals surface area contributed by atoms with Gasteiger partial charge in [0.05, 0.1) is 6.10 Å². The lowest BCUT2D eigenvalue weighted by atomic mass is 10.0. The summed E-state index contributed by atoms with van der Waals surface area (Å²) >= 11 is 1.78. The van der Waals surface area contributed by atoms with Gasteiger partial charge >= 0.3 is 0 Å². The summed E-state index contributed by atoms with van der Waals surface area (Å²) < 4.78 is 0. The van der Waals surface area contributed by atoms with Crippen LogP contribution >= 0.6 is 11.3 Å². The lowest BCUT2D eigenvalue weighted by molar-refractivity contribution is 0.171. The summed E-state index contributed by atoms with van der Waals surface area (Å²) in [5.74, 6) is 0. The van der Waals surface area contributed by atoms with Gasteiger partial charge < -0.3 is 10.4 Å². The third-order valence-corrected chi connectivity index (χ3v) is 5.40.